The van der Waals surface area contributed by atoms with Crippen LogP contribution in [-0.2, 0) is 0 Å². The average molecular weight is 183 g/mol. The molecular formula is C7H9N3OS. The van der Waals surface area contributed by atoms with Crippen LogP contribution < -0.4 is 5.73 Å². The van der Waals surface area contributed by atoms with Crippen LogP contribution in [-0.4, -0.2) is 20.8 Å². The van der Waals surface area contributed by atoms with E-state index in [4.69, 9.17) is 5.73 Å². The third kappa shape index (κ3) is 2.20. The molecule has 0 saturated carbocycles. The summed E-state index contributed by atoms with van der Waals surface area (Å²) < 4.78 is 0. The first-order valence-electron chi connectivity index (χ1n) is 3.48. The highest BCUT2D eigenvalue weighted by molar-refractivity contribution is 8.14. The van der Waals surface area contributed by atoms with Crippen LogP contribution in [0.15, 0.2) is 12.4 Å². The molecule has 0 aromatic carbocycles. The molecule has 1 aromatic heterocycles. The molecule has 4 nitrogen and oxygen atoms in total. The van der Waals surface area contributed by atoms with E-state index < -0.39 is 0 Å². The van der Waals surface area contributed by atoms with Gasteiger partial charge in [0.15, 0.2) is 0 Å². The third-order valence-corrected chi connectivity index (χ3v) is 1.92. The van der Waals surface area contributed by atoms with Crippen LogP contribution in [0.2, 0.25) is 0 Å². The number of nitrogens with zero attached hydrogens (tertiary/aromatic N) is 2. The lowest BCUT2D eigenvalue weighted by molar-refractivity contribution is 0.108. The molecule has 0 bridgehead atoms. The second-order valence-electron chi connectivity index (χ2n) is 2.05. The molecule has 0 spiro atoms. The van der Waals surface area contributed by atoms with Crippen LogP contribution in [0.1, 0.15) is 17.4 Å². The molecule has 12 heavy (non-hydrogen) atoms. The summed E-state index contributed by atoms with van der Waals surface area (Å²) >= 11 is 1.21. The van der Waals surface area contributed by atoms with Gasteiger partial charge in [-0.05, 0) is 5.75 Å². The number of hydrogen-bond acceptors (Lipinski definition) is 5. The summed E-state index contributed by atoms with van der Waals surface area (Å²) in [5.41, 5.74) is 5.67. The van der Waals surface area contributed by atoms with Gasteiger partial charge in [0.25, 0.3) is 0 Å². The Morgan fingerprint density at radius 1 is 1.58 bits per heavy atom. The van der Waals surface area contributed by atoms with Gasteiger partial charge < -0.3 is 5.73 Å². The molecule has 0 atom stereocenters. The van der Waals surface area contributed by atoms with Crippen LogP contribution in [0.4, 0.5) is 5.82 Å². The predicted octanol–water partition coefficient (Wildman–Crippen LogP) is 0.952. The van der Waals surface area contributed by atoms with Crippen molar-refractivity contribution in [3.05, 3.63) is 18.1 Å². The van der Waals surface area contributed by atoms with Crippen LogP contribution in [0, 0.1) is 0 Å². The summed E-state index contributed by atoms with van der Waals surface area (Å²) in [6.45, 7) is 1.91. The maximum Gasteiger partial charge on any atom is 0.239 e. The molecular weight excluding hydrogens is 174 g/mol. The summed E-state index contributed by atoms with van der Waals surface area (Å²) in [7, 11) is 0. The van der Waals surface area contributed by atoms with Crippen LogP contribution >= 0.6 is 11.8 Å². The number of carbonyl (C=O) groups is 1. The van der Waals surface area contributed by atoms with Gasteiger partial charge in [-0.25, -0.2) is 9.97 Å². The van der Waals surface area contributed by atoms with Crippen molar-refractivity contribution in [3.63, 3.8) is 0 Å². The topological polar surface area (TPSA) is 68.9 Å². The summed E-state index contributed by atoms with van der Waals surface area (Å²) in [5, 5.41) is -0.0648. The van der Waals surface area contributed by atoms with E-state index in [2.05, 4.69) is 9.97 Å². The van der Waals surface area contributed by atoms with Crippen molar-refractivity contribution in [1.82, 2.24) is 9.97 Å². The fraction of sp³-hybridized carbons (Fsp3) is 0.286. The van der Waals surface area contributed by atoms with Crippen molar-refractivity contribution in [3.8, 4) is 0 Å². The van der Waals surface area contributed by atoms with Gasteiger partial charge in [-0.2, -0.15) is 0 Å². The second kappa shape index (κ2) is 4.06. The Kier molecular flexibility index (Phi) is 3.04. The summed E-state index contributed by atoms with van der Waals surface area (Å²) in [6, 6.07) is 0. The van der Waals surface area contributed by atoms with E-state index in [-0.39, 0.29) is 5.12 Å². The Morgan fingerprint density at radius 2 is 2.33 bits per heavy atom. The van der Waals surface area contributed by atoms with Crippen LogP contribution in [0.25, 0.3) is 0 Å². The fourth-order valence-electron chi connectivity index (χ4n) is 0.648. The molecule has 0 radical (unpaired) electrons. The molecule has 5 heteroatoms. The van der Waals surface area contributed by atoms with Crippen molar-refractivity contribution in [1.29, 1.82) is 0 Å². The number of nitrogen functional groups attached to an aromatic ring is 1. The summed E-state index contributed by atoms with van der Waals surface area (Å²) in [4.78, 5) is 18.8. The zero-order valence-electron chi connectivity index (χ0n) is 6.65. The van der Waals surface area contributed by atoms with Gasteiger partial charge in [-0.15, -0.1) is 0 Å². The van der Waals surface area contributed by atoms with Gasteiger partial charge in [0.1, 0.15) is 11.5 Å². The maximum atomic E-state index is 11.2. The first-order valence-corrected chi connectivity index (χ1v) is 4.47. The number of nitrogens with two attached hydrogens (primary N) is 1. The highest BCUT2D eigenvalue weighted by atomic mass is 32.2. The molecule has 0 fully saturated rings. The van der Waals surface area contributed by atoms with Gasteiger partial charge in [0, 0.05) is 0 Å². The van der Waals surface area contributed by atoms with Gasteiger partial charge in [0.2, 0.25) is 5.12 Å². The molecule has 0 aliphatic carbocycles. The lowest BCUT2D eigenvalue weighted by Gasteiger charge is -1.96. The molecule has 0 amide bonds. The zero-order chi connectivity index (χ0) is 8.97. The van der Waals surface area contributed by atoms with E-state index in [9.17, 15) is 4.79 Å². The van der Waals surface area contributed by atoms with Gasteiger partial charge in [0.05, 0.1) is 12.4 Å². The monoisotopic (exact) mass is 183 g/mol. The number of rotatable bonds is 2. The molecule has 64 valence electrons. The first-order chi connectivity index (χ1) is 5.74. The lowest BCUT2D eigenvalue weighted by atomic mass is 10.5. The molecule has 1 aromatic rings. The Labute approximate surface area is 74.6 Å². The highest BCUT2D eigenvalue weighted by Gasteiger charge is 2.06. The van der Waals surface area contributed by atoms with Crippen molar-refractivity contribution < 1.29 is 4.79 Å². The summed E-state index contributed by atoms with van der Waals surface area (Å²) in [6.07, 6.45) is 2.77. The van der Waals surface area contributed by atoms with Gasteiger partial charge >= 0.3 is 0 Å². The Hall–Kier alpha value is -1.10. The Morgan fingerprint density at radius 3 is 2.83 bits per heavy atom. The minimum absolute atomic E-state index is 0.0648. The second-order valence-corrected chi connectivity index (χ2v) is 3.28. The van der Waals surface area contributed by atoms with Crippen LogP contribution in [0.3, 0.4) is 0 Å². The van der Waals surface area contributed by atoms with E-state index in [1.54, 1.807) is 0 Å². The van der Waals surface area contributed by atoms with E-state index in [0.29, 0.717) is 11.5 Å². The predicted molar refractivity (Wildman–Crippen MR) is 48.9 cm³/mol. The maximum absolute atomic E-state index is 11.2. The normalized spacial score (nSPS) is 9.75. The van der Waals surface area contributed by atoms with E-state index in [1.165, 1.54) is 24.2 Å². The Bertz CT molecular complexity index is 272. The highest BCUT2D eigenvalue weighted by Crippen LogP contribution is 2.08. The van der Waals surface area contributed by atoms with Crippen molar-refractivity contribution >= 4 is 22.7 Å². The number of anilines is 1. The zero-order valence-corrected chi connectivity index (χ0v) is 7.47. The first kappa shape index (κ1) is 8.99. The van der Waals surface area contributed by atoms with Gasteiger partial charge in [-0.3, -0.25) is 4.79 Å². The minimum Gasteiger partial charge on any atom is -0.382 e. The number of hydrogen-bond donors (Lipinski definition) is 1. The number of thioether (sulfide) groups is 1. The SMILES string of the molecule is CCSC(=O)c1cnc(N)cn1. The van der Waals surface area contributed by atoms with Crippen LogP contribution in [0.5, 0.6) is 0 Å². The molecule has 0 unspecified atom stereocenters. The molecule has 1 heterocycles. The smallest absolute Gasteiger partial charge is 0.239 e. The van der Waals surface area contributed by atoms with E-state index in [1.807, 2.05) is 6.92 Å². The minimum atomic E-state index is -0.0648. The van der Waals surface area contributed by atoms with E-state index in [0.717, 1.165) is 5.75 Å². The lowest BCUT2D eigenvalue weighted by Crippen LogP contribution is -2.00. The molecule has 2 N–H and O–H groups in total. The summed E-state index contributed by atoms with van der Waals surface area (Å²) in [5.74, 6) is 1.07. The Balaban J connectivity index is 2.75. The molecule has 1 rings (SSSR count). The van der Waals surface area contributed by atoms with Crippen molar-refractivity contribution in [2.75, 3.05) is 11.5 Å². The van der Waals surface area contributed by atoms with E-state index >= 15 is 0 Å². The number of carbonyl (C=O) groups excluding carboxylic acids is 1. The number of aromatic nitrogens is 2. The average Bonchev–Trinajstić information content (AvgIpc) is 2.06. The molecule has 0 aliphatic rings. The van der Waals surface area contributed by atoms with Gasteiger partial charge in [-0.1, -0.05) is 18.7 Å². The molecule has 0 saturated heterocycles. The third-order valence-electron chi connectivity index (χ3n) is 1.16. The quantitative estimate of drug-likeness (QED) is 0.739. The fourth-order valence-corrected chi connectivity index (χ4v) is 1.16. The van der Waals surface area contributed by atoms with Crippen molar-refractivity contribution in [2.24, 2.45) is 0 Å². The van der Waals surface area contributed by atoms with Crippen molar-refractivity contribution in [2.45, 2.75) is 6.92 Å². The largest absolute Gasteiger partial charge is 0.382 e. The molecule has 0 aliphatic heterocycles. The standard InChI is InChI=1S/C7H9N3OS/c1-2-12-7(11)5-3-10-6(8)4-9-5/h3-4H,2H2,1H3,(H2,8,10).